The molecule has 0 aliphatic heterocycles. The summed E-state index contributed by atoms with van der Waals surface area (Å²) >= 11 is 0. The number of fused-ring (bicyclic) bond motifs is 1. The Hall–Kier alpha value is -0.460. The monoisotopic (exact) mass is 153 g/mol. The van der Waals surface area contributed by atoms with Crippen LogP contribution >= 0.6 is 0 Å². The standard InChI is InChI=1S/C10H16O/c11-10-6-5-8-3-1-2-4-9(8)7-10/h7-9,11H,1-6H2/t8-,9-/m0/s1/i7D. The van der Waals surface area contributed by atoms with Crippen LogP contribution in [0.5, 0.6) is 0 Å². The molecule has 0 heterocycles. The quantitative estimate of drug-likeness (QED) is 0.567. The highest BCUT2D eigenvalue weighted by Gasteiger charge is 2.26. The largest absolute Gasteiger partial charge is 0.513 e. The predicted octanol–water partition coefficient (Wildman–Crippen LogP) is 3.03. The molecule has 11 heavy (non-hydrogen) atoms. The van der Waals surface area contributed by atoms with Crippen LogP contribution < -0.4 is 0 Å². The van der Waals surface area contributed by atoms with Gasteiger partial charge in [0.1, 0.15) is 0 Å². The van der Waals surface area contributed by atoms with E-state index in [-0.39, 0.29) is 0 Å². The van der Waals surface area contributed by atoms with Gasteiger partial charge in [0.25, 0.3) is 0 Å². The van der Waals surface area contributed by atoms with Crippen molar-refractivity contribution in [2.75, 3.05) is 0 Å². The van der Waals surface area contributed by atoms with E-state index in [2.05, 4.69) is 0 Å². The van der Waals surface area contributed by atoms with E-state index in [0.29, 0.717) is 23.6 Å². The van der Waals surface area contributed by atoms with Crippen molar-refractivity contribution in [2.45, 2.75) is 38.5 Å². The molecule has 1 heteroatoms. The lowest BCUT2D eigenvalue weighted by Gasteiger charge is -2.32. The maximum Gasteiger partial charge on any atom is 0.0885 e. The number of hydrogen-bond acceptors (Lipinski definition) is 1. The molecule has 1 saturated carbocycles. The maximum absolute atomic E-state index is 9.41. The first-order chi connectivity index (χ1) is 5.79. The van der Waals surface area contributed by atoms with E-state index in [4.69, 9.17) is 1.37 Å². The fourth-order valence-corrected chi connectivity index (χ4v) is 2.35. The Bertz CT molecular complexity index is 210. The van der Waals surface area contributed by atoms with Crippen LogP contribution in [-0.4, -0.2) is 5.11 Å². The van der Waals surface area contributed by atoms with Crippen LogP contribution in [0.1, 0.15) is 39.9 Å². The molecule has 0 aromatic carbocycles. The van der Waals surface area contributed by atoms with Crippen molar-refractivity contribution < 1.29 is 6.48 Å². The molecule has 0 spiro atoms. The summed E-state index contributed by atoms with van der Waals surface area (Å²) in [5.41, 5.74) is 0. The third-order valence-electron chi connectivity index (χ3n) is 3.01. The number of rotatable bonds is 0. The molecule has 1 nitrogen and oxygen atoms in total. The van der Waals surface area contributed by atoms with Gasteiger partial charge in [-0.1, -0.05) is 12.8 Å². The summed E-state index contributed by atoms with van der Waals surface area (Å²) in [7, 11) is 0. The third-order valence-corrected chi connectivity index (χ3v) is 3.01. The molecule has 2 aliphatic rings. The maximum atomic E-state index is 9.41. The highest BCUT2D eigenvalue weighted by molar-refractivity contribution is 5.03. The normalized spacial score (nSPS) is 39.8. The Morgan fingerprint density at radius 2 is 2.18 bits per heavy atom. The van der Waals surface area contributed by atoms with Crippen molar-refractivity contribution >= 4 is 0 Å². The first-order valence-electron chi connectivity index (χ1n) is 5.17. The van der Waals surface area contributed by atoms with Crippen LogP contribution in [-0.2, 0) is 0 Å². The van der Waals surface area contributed by atoms with E-state index in [1.165, 1.54) is 19.3 Å². The summed E-state index contributed by atoms with van der Waals surface area (Å²) < 4.78 is 7.73. The fourth-order valence-electron chi connectivity index (χ4n) is 2.35. The number of hydrogen-bond donors (Lipinski definition) is 1. The molecule has 2 aliphatic carbocycles. The molecule has 0 aromatic rings. The SMILES string of the molecule is [2H]C1=C(O)CC[C@@H]2CCCC[C@@H]12. The van der Waals surface area contributed by atoms with E-state index >= 15 is 0 Å². The summed E-state index contributed by atoms with van der Waals surface area (Å²) in [4.78, 5) is 0. The van der Waals surface area contributed by atoms with Gasteiger partial charge in [0.05, 0.1) is 7.13 Å². The summed E-state index contributed by atoms with van der Waals surface area (Å²) in [6.07, 6.45) is 6.85. The first kappa shape index (κ1) is 6.10. The Balaban J connectivity index is 2.17. The summed E-state index contributed by atoms with van der Waals surface area (Å²) in [6, 6.07) is 0.547. The van der Waals surface area contributed by atoms with E-state index in [1.54, 1.807) is 0 Å². The summed E-state index contributed by atoms with van der Waals surface area (Å²) in [5.74, 6) is 1.47. The summed E-state index contributed by atoms with van der Waals surface area (Å²) in [6.45, 7) is 0. The average Bonchev–Trinajstić information content (AvgIpc) is 2.12. The van der Waals surface area contributed by atoms with E-state index < -0.39 is 0 Å². The van der Waals surface area contributed by atoms with E-state index in [0.717, 1.165) is 19.3 Å². The van der Waals surface area contributed by atoms with Gasteiger partial charge in [-0.15, -0.1) is 0 Å². The van der Waals surface area contributed by atoms with Crippen LogP contribution in [0.15, 0.2) is 11.8 Å². The third kappa shape index (κ3) is 1.42. The van der Waals surface area contributed by atoms with Crippen molar-refractivity contribution in [3.05, 3.63) is 11.8 Å². The molecule has 2 atom stereocenters. The van der Waals surface area contributed by atoms with E-state index in [1.807, 2.05) is 0 Å². The minimum absolute atomic E-state index is 0.359. The van der Waals surface area contributed by atoms with Crippen LogP contribution in [0.2, 0.25) is 0 Å². The van der Waals surface area contributed by atoms with Crippen molar-refractivity contribution in [1.82, 2.24) is 0 Å². The Kier molecular flexibility index (Phi) is 1.60. The van der Waals surface area contributed by atoms with Crippen molar-refractivity contribution in [1.29, 1.82) is 0 Å². The molecular weight excluding hydrogens is 136 g/mol. The van der Waals surface area contributed by atoms with Gasteiger partial charge >= 0.3 is 0 Å². The highest BCUT2D eigenvalue weighted by Crippen LogP contribution is 2.38. The lowest BCUT2D eigenvalue weighted by atomic mass is 9.74. The number of aliphatic hydroxyl groups is 1. The second-order valence-corrected chi connectivity index (χ2v) is 3.78. The van der Waals surface area contributed by atoms with Gasteiger partial charge in [0, 0.05) is 6.42 Å². The van der Waals surface area contributed by atoms with Gasteiger partial charge < -0.3 is 5.11 Å². The van der Waals surface area contributed by atoms with E-state index in [9.17, 15) is 5.11 Å². The molecule has 1 fully saturated rings. The second kappa shape index (κ2) is 2.88. The van der Waals surface area contributed by atoms with Gasteiger partial charge in [-0.3, -0.25) is 0 Å². The molecule has 0 unspecified atom stereocenters. The van der Waals surface area contributed by atoms with Crippen LogP contribution in [0.4, 0.5) is 0 Å². The lowest BCUT2D eigenvalue weighted by molar-refractivity contribution is 0.225. The van der Waals surface area contributed by atoms with Crippen LogP contribution in [0, 0.1) is 11.8 Å². The molecule has 0 saturated heterocycles. The average molecular weight is 153 g/mol. The minimum Gasteiger partial charge on any atom is -0.513 e. The lowest BCUT2D eigenvalue weighted by Crippen LogP contribution is -2.21. The molecule has 62 valence electrons. The van der Waals surface area contributed by atoms with Gasteiger partial charge in [-0.25, -0.2) is 0 Å². The molecule has 0 bridgehead atoms. The van der Waals surface area contributed by atoms with Crippen molar-refractivity contribution in [2.24, 2.45) is 11.8 Å². The molecule has 0 aromatic heterocycles. The Morgan fingerprint density at radius 3 is 3.09 bits per heavy atom. The highest BCUT2D eigenvalue weighted by atomic mass is 16.3. The van der Waals surface area contributed by atoms with Crippen LogP contribution in [0.3, 0.4) is 0 Å². The van der Waals surface area contributed by atoms with Crippen LogP contribution in [0.25, 0.3) is 0 Å². The molecule has 0 amide bonds. The molecule has 1 N–H and O–H groups in total. The topological polar surface area (TPSA) is 20.2 Å². The Morgan fingerprint density at radius 1 is 1.36 bits per heavy atom. The van der Waals surface area contributed by atoms with Crippen molar-refractivity contribution in [3.63, 3.8) is 0 Å². The van der Waals surface area contributed by atoms with Gasteiger partial charge in [-0.2, -0.15) is 0 Å². The zero-order chi connectivity index (χ0) is 8.55. The smallest absolute Gasteiger partial charge is 0.0885 e. The zero-order valence-electron chi connectivity index (χ0n) is 7.84. The van der Waals surface area contributed by atoms with Crippen molar-refractivity contribution in [3.8, 4) is 0 Å². The molecule has 0 radical (unpaired) electrons. The van der Waals surface area contributed by atoms with Gasteiger partial charge in [0.2, 0.25) is 0 Å². The molecule has 2 rings (SSSR count). The predicted molar refractivity (Wildman–Crippen MR) is 45.4 cm³/mol. The number of allylic oxidation sites excluding steroid dienone is 2. The van der Waals surface area contributed by atoms with Gasteiger partial charge in [0.15, 0.2) is 0 Å². The summed E-state index contributed by atoms with van der Waals surface area (Å²) in [5, 5.41) is 9.41. The zero-order valence-corrected chi connectivity index (χ0v) is 6.84. The fraction of sp³-hybridized carbons (Fsp3) is 0.800. The first-order valence-corrected chi connectivity index (χ1v) is 4.67. The number of aliphatic hydroxyl groups excluding tert-OH is 1. The van der Waals surface area contributed by atoms with Gasteiger partial charge in [-0.05, 0) is 37.2 Å². The minimum atomic E-state index is 0.359. The molecular formula is C10H16O. The second-order valence-electron chi connectivity index (χ2n) is 3.78. The Labute approximate surface area is 69.5 Å².